The van der Waals surface area contributed by atoms with Crippen LogP contribution in [0.5, 0.6) is 11.5 Å². The maximum absolute atomic E-state index is 13.1. The summed E-state index contributed by atoms with van der Waals surface area (Å²) in [5.41, 5.74) is 0.621. The highest BCUT2D eigenvalue weighted by Gasteiger charge is 2.34. The minimum Gasteiger partial charge on any atom is -0.493 e. The Labute approximate surface area is 190 Å². The minimum atomic E-state index is -3.55. The van der Waals surface area contributed by atoms with E-state index in [1.807, 2.05) is 0 Å². The van der Waals surface area contributed by atoms with Gasteiger partial charge in [-0.1, -0.05) is 17.8 Å². The van der Waals surface area contributed by atoms with E-state index >= 15 is 0 Å². The van der Waals surface area contributed by atoms with Gasteiger partial charge < -0.3 is 18.8 Å². The SMILES string of the molecule is CCOC(=O)Cn1c(=NC(=O)C2CCCCN2S(C)(=O)=O)sc2cc(OC)c(OC)cc21. The molecule has 1 aromatic carbocycles. The number of methoxy groups -OCH3 is 2. The number of carbonyl (C=O) groups excluding carboxylic acids is 2. The lowest BCUT2D eigenvalue weighted by Gasteiger charge is -2.31. The summed E-state index contributed by atoms with van der Waals surface area (Å²) in [5, 5.41) is 0. The summed E-state index contributed by atoms with van der Waals surface area (Å²) in [4.78, 5) is 29.8. The molecule has 176 valence electrons. The normalized spacial score (nSPS) is 18.0. The smallest absolute Gasteiger partial charge is 0.326 e. The van der Waals surface area contributed by atoms with Crippen LogP contribution in [0.2, 0.25) is 0 Å². The first-order chi connectivity index (χ1) is 15.2. The first-order valence-electron chi connectivity index (χ1n) is 10.2. The lowest BCUT2D eigenvalue weighted by atomic mass is 10.0. The lowest BCUT2D eigenvalue weighted by Crippen LogP contribution is -2.47. The molecule has 2 heterocycles. The van der Waals surface area contributed by atoms with Crippen LogP contribution >= 0.6 is 11.3 Å². The molecule has 3 rings (SSSR count). The second-order valence-corrected chi connectivity index (χ2v) is 10.2. The fourth-order valence-electron chi connectivity index (χ4n) is 3.69. The van der Waals surface area contributed by atoms with E-state index in [1.165, 1.54) is 29.9 Å². The number of ether oxygens (including phenoxy) is 3. The molecule has 0 aliphatic carbocycles. The van der Waals surface area contributed by atoms with Gasteiger partial charge in [-0.2, -0.15) is 9.30 Å². The zero-order valence-corrected chi connectivity index (χ0v) is 20.1. The molecule has 10 nitrogen and oxygen atoms in total. The Morgan fingerprint density at radius 1 is 1.19 bits per heavy atom. The number of hydrogen-bond donors (Lipinski definition) is 0. The van der Waals surface area contributed by atoms with E-state index in [1.54, 1.807) is 23.6 Å². The molecule has 0 radical (unpaired) electrons. The number of aromatic nitrogens is 1. The van der Waals surface area contributed by atoms with Crippen molar-refractivity contribution in [1.29, 1.82) is 0 Å². The van der Waals surface area contributed by atoms with Crippen molar-refractivity contribution < 1.29 is 32.2 Å². The van der Waals surface area contributed by atoms with Crippen LogP contribution in [0.4, 0.5) is 0 Å². The van der Waals surface area contributed by atoms with Crippen molar-refractivity contribution >= 4 is 43.5 Å². The van der Waals surface area contributed by atoms with Crippen LogP contribution in [0, 0.1) is 0 Å². The fraction of sp³-hybridized carbons (Fsp3) is 0.550. The predicted octanol–water partition coefficient (Wildman–Crippen LogP) is 1.52. The molecule has 0 spiro atoms. The van der Waals surface area contributed by atoms with Gasteiger partial charge in [-0.3, -0.25) is 9.59 Å². The molecule has 1 saturated heterocycles. The van der Waals surface area contributed by atoms with E-state index in [-0.39, 0.29) is 24.5 Å². The highest BCUT2D eigenvalue weighted by Crippen LogP contribution is 2.33. The topological polar surface area (TPSA) is 116 Å². The summed E-state index contributed by atoms with van der Waals surface area (Å²) in [5.74, 6) is -0.0775. The summed E-state index contributed by atoms with van der Waals surface area (Å²) < 4.78 is 43.6. The monoisotopic (exact) mass is 485 g/mol. The molecule has 1 unspecified atom stereocenters. The number of esters is 1. The van der Waals surface area contributed by atoms with Gasteiger partial charge in [0.2, 0.25) is 10.0 Å². The number of fused-ring (bicyclic) bond motifs is 1. The molecule has 2 aromatic rings. The average Bonchev–Trinajstić information content (AvgIpc) is 3.07. The molecular weight excluding hydrogens is 458 g/mol. The largest absolute Gasteiger partial charge is 0.493 e. The number of amides is 1. The third-order valence-corrected chi connectivity index (χ3v) is 7.48. The van der Waals surface area contributed by atoms with E-state index in [4.69, 9.17) is 14.2 Å². The van der Waals surface area contributed by atoms with E-state index in [0.717, 1.165) is 17.4 Å². The van der Waals surface area contributed by atoms with E-state index < -0.39 is 27.9 Å². The van der Waals surface area contributed by atoms with Crippen LogP contribution in [0.25, 0.3) is 10.2 Å². The third-order valence-electron chi connectivity index (χ3n) is 5.15. The van der Waals surface area contributed by atoms with Gasteiger partial charge in [0, 0.05) is 18.7 Å². The van der Waals surface area contributed by atoms with Crippen molar-refractivity contribution in [1.82, 2.24) is 8.87 Å². The van der Waals surface area contributed by atoms with Crippen molar-refractivity contribution in [2.45, 2.75) is 38.8 Å². The first-order valence-corrected chi connectivity index (χ1v) is 12.8. The number of carbonyl (C=O) groups is 2. The molecule has 1 aromatic heterocycles. The van der Waals surface area contributed by atoms with Crippen LogP contribution in [-0.2, 0) is 30.9 Å². The molecule has 1 aliphatic rings. The van der Waals surface area contributed by atoms with Gasteiger partial charge >= 0.3 is 5.97 Å². The standard InChI is InChI=1S/C20H27N3O7S2/c1-5-30-18(24)12-22-14-10-15(28-2)16(29-3)11-17(14)31-20(22)21-19(25)13-8-6-7-9-23(13)32(4,26)27/h10-11,13H,5-9,12H2,1-4H3. The minimum absolute atomic E-state index is 0.157. The molecule has 0 bridgehead atoms. The zero-order valence-electron chi connectivity index (χ0n) is 18.5. The van der Waals surface area contributed by atoms with Crippen molar-refractivity contribution in [3.8, 4) is 11.5 Å². The zero-order chi connectivity index (χ0) is 23.5. The molecule has 1 fully saturated rings. The second kappa shape index (κ2) is 10.0. The quantitative estimate of drug-likeness (QED) is 0.546. The summed E-state index contributed by atoms with van der Waals surface area (Å²) in [6.45, 7) is 2.06. The summed E-state index contributed by atoms with van der Waals surface area (Å²) >= 11 is 1.20. The number of nitrogens with zero attached hydrogens (tertiary/aromatic N) is 3. The molecule has 32 heavy (non-hydrogen) atoms. The highest BCUT2D eigenvalue weighted by atomic mass is 32.2. The Hall–Kier alpha value is -2.44. The summed E-state index contributed by atoms with van der Waals surface area (Å²) in [6.07, 6.45) is 2.93. The number of piperidine rings is 1. The van der Waals surface area contributed by atoms with Crippen LogP contribution < -0.4 is 14.3 Å². The Bertz CT molecular complexity index is 1180. The van der Waals surface area contributed by atoms with Gasteiger partial charge in [0.05, 0.1) is 37.3 Å². The highest BCUT2D eigenvalue weighted by molar-refractivity contribution is 7.88. The first kappa shape index (κ1) is 24.2. The second-order valence-electron chi connectivity index (χ2n) is 7.29. The van der Waals surface area contributed by atoms with E-state index in [9.17, 15) is 18.0 Å². The van der Waals surface area contributed by atoms with Crippen molar-refractivity contribution in [3.63, 3.8) is 0 Å². The fourth-order valence-corrected chi connectivity index (χ4v) is 5.85. The van der Waals surface area contributed by atoms with Gasteiger partial charge in [0.25, 0.3) is 5.91 Å². The number of benzene rings is 1. The molecule has 1 aliphatic heterocycles. The Balaban J connectivity index is 2.13. The lowest BCUT2D eigenvalue weighted by molar-refractivity contribution is -0.143. The number of sulfonamides is 1. The van der Waals surface area contributed by atoms with Gasteiger partial charge in [-0.15, -0.1) is 0 Å². The van der Waals surface area contributed by atoms with Gasteiger partial charge in [-0.05, 0) is 19.8 Å². The molecule has 1 atom stereocenters. The molecule has 1 amide bonds. The van der Waals surface area contributed by atoms with E-state index in [2.05, 4.69) is 4.99 Å². The molecule has 12 heteroatoms. The van der Waals surface area contributed by atoms with Gasteiger partial charge in [0.1, 0.15) is 12.6 Å². The Morgan fingerprint density at radius 3 is 2.50 bits per heavy atom. The Morgan fingerprint density at radius 2 is 1.88 bits per heavy atom. The third kappa shape index (κ3) is 5.13. The Kier molecular flexibility index (Phi) is 7.57. The average molecular weight is 486 g/mol. The van der Waals surface area contributed by atoms with Gasteiger partial charge in [0.15, 0.2) is 16.3 Å². The van der Waals surface area contributed by atoms with Crippen molar-refractivity contribution in [3.05, 3.63) is 16.9 Å². The van der Waals surface area contributed by atoms with E-state index in [0.29, 0.717) is 29.9 Å². The summed E-state index contributed by atoms with van der Waals surface area (Å²) in [7, 11) is -0.531. The number of hydrogen-bond acceptors (Lipinski definition) is 8. The van der Waals surface area contributed by atoms with Crippen LogP contribution in [0.15, 0.2) is 17.1 Å². The van der Waals surface area contributed by atoms with Crippen molar-refractivity contribution in [2.75, 3.05) is 33.6 Å². The van der Waals surface area contributed by atoms with Crippen LogP contribution in [0.3, 0.4) is 0 Å². The number of rotatable bonds is 7. The molecular formula is C20H27N3O7S2. The maximum Gasteiger partial charge on any atom is 0.326 e. The van der Waals surface area contributed by atoms with Crippen molar-refractivity contribution in [2.24, 2.45) is 4.99 Å². The predicted molar refractivity (Wildman–Crippen MR) is 119 cm³/mol. The van der Waals surface area contributed by atoms with Crippen LogP contribution in [0.1, 0.15) is 26.2 Å². The summed E-state index contributed by atoms with van der Waals surface area (Å²) in [6, 6.07) is 2.59. The number of thiazole rings is 1. The van der Waals surface area contributed by atoms with Crippen LogP contribution in [-0.4, -0.2) is 68.8 Å². The molecule has 0 saturated carbocycles. The van der Waals surface area contributed by atoms with Gasteiger partial charge in [-0.25, -0.2) is 8.42 Å². The maximum atomic E-state index is 13.1. The molecule has 0 N–H and O–H groups in total.